The number of carbonyl (C=O) groups is 2. The quantitative estimate of drug-likeness (QED) is 0.804. The lowest BCUT2D eigenvalue weighted by molar-refractivity contribution is 0.0992. The fourth-order valence-corrected chi connectivity index (χ4v) is 2.73. The Hall–Kier alpha value is -2.57. The number of carbonyl (C=O) groups excluding carboxylic acids is 2. The Balaban J connectivity index is 1.66. The molecular formula is C15H18N4O3. The highest BCUT2D eigenvalue weighted by Crippen LogP contribution is 2.32. The third-order valence-electron chi connectivity index (χ3n) is 3.92. The van der Waals surface area contributed by atoms with Gasteiger partial charge >= 0.3 is 0 Å². The van der Waals surface area contributed by atoms with Crippen molar-refractivity contribution in [2.75, 3.05) is 5.32 Å². The number of oxazole rings is 1. The maximum absolute atomic E-state index is 12.1. The number of aromatic amines is 1. The van der Waals surface area contributed by atoms with E-state index in [0.717, 1.165) is 12.8 Å². The lowest BCUT2D eigenvalue weighted by Gasteiger charge is -2.17. The van der Waals surface area contributed by atoms with Gasteiger partial charge in [-0.3, -0.25) is 9.59 Å². The van der Waals surface area contributed by atoms with E-state index in [0.29, 0.717) is 17.5 Å². The van der Waals surface area contributed by atoms with Gasteiger partial charge in [0.1, 0.15) is 12.0 Å². The van der Waals surface area contributed by atoms with Crippen LogP contribution in [0.5, 0.6) is 0 Å². The number of primary amides is 1. The van der Waals surface area contributed by atoms with E-state index in [4.69, 9.17) is 10.2 Å². The van der Waals surface area contributed by atoms with Gasteiger partial charge in [-0.2, -0.15) is 0 Å². The van der Waals surface area contributed by atoms with Crippen LogP contribution in [0, 0.1) is 0 Å². The summed E-state index contributed by atoms with van der Waals surface area (Å²) in [6, 6.07) is 1.47. The molecule has 0 unspecified atom stereocenters. The summed E-state index contributed by atoms with van der Waals surface area (Å²) in [5, 5.41) is 2.65. The van der Waals surface area contributed by atoms with Crippen molar-refractivity contribution in [3.8, 4) is 0 Å². The summed E-state index contributed by atoms with van der Waals surface area (Å²) in [5.74, 6) is -0.0110. The molecule has 0 atom stereocenters. The molecule has 0 saturated heterocycles. The van der Waals surface area contributed by atoms with Gasteiger partial charge in [0, 0.05) is 12.1 Å². The van der Waals surface area contributed by atoms with Crippen molar-refractivity contribution in [2.45, 2.75) is 38.0 Å². The van der Waals surface area contributed by atoms with Crippen molar-refractivity contribution in [1.29, 1.82) is 0 Å². The van der Waals surface area contributed by atoms with E-state index in [2.05, 4.69) is 15.3 Å². The van der Waals surface area contributed by atoms with Crippen LogP contribution in [0.4, 0.5) is 5.69 Å². The molecule has 1 saturated carbocycles. The minimum atomic E-state index is -0.582. The molecule has 0 aliphatic heterocycles. The number of hydrogen-bond donors (Lipinski definition) is 3. The van der Waals surface area contributed by atoms with Gasteiger partial charge in [-0.25, -0.2) is 4.98 Å². The van der Waals surface area contributed by atoms with Crippen LogP contribution in [0.15, 0.2) is 22.9 Å². The SMILES string of the molecule is NC(=O)c1cc(NC(=O)c2coc(C3CCCCC3)n2)c[nH]1. The molecule has 1 aliphatic rings. The maximum atomic E-state index is 12.1. The third kappa shape index (κ3) is 3.03. The summed E-state index contributed by atoms with van der Waals surface area (Å²) < 4.78 is 5.45. The first-order valence-electron chi connectivity index (χ1n) is 7.38. The number of H-pyrrole nitrogens is 1. The Kier molecular flexibility index (Phi) is 3.95. The highest BCUT2D eigenvalue weighted by atomic mass is 16.3. The molecule has 0 aromatic carbocycles. The second-order valence-electron chi connectivity index (χ2n) is 5.53. The molecule has 0 bridgehead atoms. The fourth-order valence-electron chi connectivity index (χ4n) is 2.73. The standard InChI is InChI=1S/C15H18N4O3/c16-13(20)11-6-10(7-17-11)18-14(21)12-8-22-15(19-12)9-4-2-1-3-5-9/h6-9,17H,1-5H2,(H2,16,20)(H,18,21). The van der Waals surface area contributed by atoms with Crippen molar-refractivity contribution in [2.24, 2.45) is 5.73 Å². The van der Waals surface area contributed by atoms with E-state index in [-0.39, 0.29) is 17.3 Å². The molecule has 2 aromatic rings. The fraction of sp³-hybridized carbons (Fsp3) is 0.400. The zero-order chi connectivity index (χ0) is 15.5. The molecule has 7 nitrogen and oxygen atoms in total. The smallest absolute Gasteiger partial charge is 0.277 e. The highest BCUT2D eigenvalue weighted by Gasteiger charge is 2.22. The molecule has 0 spiro atoms. The van der Waals surface area contributed by atoms with Gasteiger partial charge in [0.25, 0.3) is 11.8 Å². The molecule has 3 rings (SSSR count). The zero-order valence-corrected chi connectivity index (χ0v) is 12.1. The molecule has 2 heterocycles. The van der Waals surface area contributed by atoms with E-state index in [9.17, 15) is 9.59 Å². The number of rotatable bonds is 4. The van der Waals surface area contributed by atoms with Crippen LogP contribution in [-0.2, 0) is 0 Å². The summed E-state index contributed by atoms with van der Waals surface area (Å²) in [6.07, 6.45) is 8.59. The molecule has 2 amide bonds. The summed E-state index contributed by atoms with van der Waals surface area (Å²) in [4.78, 5) is 30.1. The van der Waals surface area contributed by atoms with Gasteiger partial charge < -0.3 is 20.5 Å². The van der Waals surface area contributed by atoms with Gasteiger partial charge in [0.05, 0.1) is 5.69 Å². The molecule has 1 aliphatic carbocycles. The molecule has 7 heteroatoms. The summed E-state index contributed by atoms with van der Waals surface area (Å²) in [6.45, 7) is 0. The normalized spacial score (nSPS) is 15.6. The molecule has 0 radical (unpaired) electrons. The van der Waals surface area contributed by atoms with Crippen molar-refractivity contribution in [1.82, 2.24) is 9.97 Å². The van der Waals surface area contributed by atoms with Gasteiger partial charge in [-0.15, -0.1) is 0 Å². The third-order valence-corrected chi connectivity index (χ3v) is 3.92. The first kappa shape index (κ1) is 14.4. The number of aromatic nitrogens is 2. The average Bonchev–Trinajstić information content (AvgIpc) is 3.17. The first-order chi connectivity index (χ1) is 10.6. The Labute approximate surface area is 127 Å². The van der Waals surface area contributed by atoms with Crippen molar-refractivity contribution < 1.29 is 14.0 Å². The number of nitrogens with one attached hydrogen (secondary N) is 2. The minimum absolute atomic E-state index is 0.235. The van der Waals surface area contributed by atoms with E-state index >= 15 is 0 Å². The van der Waals surface area contributed by atoms with Gasteiger partial charge in [0.15, 0.2) is 11.6 Å². The second-order valence-corrected chi connectivity index (χ2v) is 5.53. The Morgan fingerprint density at radius 2 is 2.09 bits per heavy atom. The average molecular weight is 302 g/mol. The van der Waals surface area contributed by atoms with Gasteiger partial charge in [0.2, 0.25) is 0 Å². The highest BCUT2D eigenvalue weighted by molar-refractivity contribution is 6.03. The number of hydrogen-bond acceptors (Lipinski definition) is 4. The van der Waals surface area contributed by atoms with Gasteiger partial charge in [-0.05, 0) is 18.9 Å². The van der Waals surface area contributed by atoms with Crippen molar-refractivity contribution >= 4 is 17.5 Å². The lowest BCUT2D eigenvalue weighted by atomic mass is 9.89. The Morgan fingerprint density at radius 1 is 1.32 bits per heavy atom. The van der Waals surface area contributed by atoms with Crippen LogP contribution in [-0.4, -0.2) is 21.8 Å². The van der Waals surface area contributed by atoms with Crippen LogP contribution >= 0.6 is 0 Å². The number of nitrogens with two attached hydrogens (primary N) is 1. The molecular weight excluding hydrogens is 284 g/mol. The van der Waals surface area contributed by atoms with Crippen molar-refractivity contribution in [3.05, 3.63) is 35.8 Å². The Bertz CT molecular complexity index is 683. The second kappa shape index (κ2) is 6.05. The number of anilines is 1. The molecule has 1 fully saturated rings. The zero-order valence-electron chi connectivity index (χ0n) is 12.1. The van der Waals surface area contributed by atoms with E-state index in [1.165, 1.54) is 37.8 Å². The van der Waals surface area contributed by atoms with Crippen LogP contribution in [0.25, 0.3) is 0 Å². The van der Waals surface area contributed by atoms with E-state index < -0.39 is 5.91 Å². The minimum Gasteiger partial charge on any atom is -0.448 e. The Morgan fingerprint density at radius 3 is 2.77 bits per heavy atom. The van der Waals surface area contributed by atoms with E-state index in [1.54, 1.807) is 0 Å². The predicted molar refractivity (Wildman–Crippen MR) is 79.6 cm³/mol. The van der Waals surface area contributed by atoms with Crippen LogP contribution in [0.3, 0.4) is 0 Å². The lowest BCUT2D eigenvalue weighted by Crippen LogP contribution is -2.13. The van der Waals surface area contributed by atoms with Crippen LogP contribution in [0.1, 0.15) is 64.9 Å². The molecule has 116 valence electrons. The summed E-state index contributed by atoms with van der Waals surface area (Å²) in [5.41, 5.74) is 6.08. The summed E-state index contributed by atoms with van der Waals surface area (Å²) >= 11 is 0. The topological polar surface area (TPSA) is 114 Å². The largest absolute Gasteiger partial charge is 0.448 e. The van der Waals surface area contributed by atoms with E-state index in [1.807, 2.05) is 0 Å². The predicted octanol–water partition coefficient (Wildman–Crippen LogP) is 2.40. The maximum Gasteiger partial charge on any atom is 0.277 e. The molecule has 4 N–H and O–H groups in total. The van der Waals surface area contributed by atoms with Gasteiger partial charge in [-0.1, -0.05) is 19.3 Å². The molecule has 22 heavy (non-hydrogen) atoms. The first-order valence-corrected chi connectivity index (χ1v) is 7.38. The van der Waals surface area contributed by atoms with Crippen LogP contribution < -0.4 is 11.1 Å². The number of nitrogens with zero attached hydrogens (tertiary/aromatic N) is 1. The molecule has 2 aromatic heterocycles. The van der Waals surface area contributed by atoms with Crippen LogP contribution in [0.2, 0.25) is 0 Å². The monoisotopic (exact) mass is 302 g/mol. The van der Waals surface area contributed by atoms with Crippen molar-refractivity contribution in [3.63, 3.8) is 0 Å². The summed E-state index contributed by atoms with van der Waals surface area (Å²) in [7, 11) is 0. The number of amides is 2.